The number of ketones is 1. The maximum atomic E-state index is 13.4. The molecule has 31 heavy (non-hydrogen) atoms. The summed E-state index contributed by atoms with van der Waals surface area (Å²) >= 11 is 0. The average molecular weight is 431 g/mol. The molecule has 1 saturated heterocycles. The molecule has 1 aliphatic heterocycles. The van der Waals surface area contributed by atoms with Gasteiger partial charge in [-0.2, -0.15) is 0 Å². The van der Waals surface area contributed by atoms with E-state index >= 15 is 0 Å². The van der Waals surface area contributed by atoms with Crippen molar-refractivity contribution in [1.29, 1.82) is 0 Å². The van der Waals surface area contributed by atoms with Crippen LogP contribution in [0, 0.1) is 17.7 Å². The number of Topliss-reactive ketones (excluding diaryl/α,β-unsaturated/α-hetero) is 1. The number of aromatic nitrogens is 1. The molecule has 1 aliphatic carbocycles. The zero-order valence-electron chi connectivity index (χ0n) is 18.7. The number of carbonyl (C=O) groups is 1. The summed E-state index contributed by atoms with van der Waals surface area (Å²) in [6.07, 6.45) is 9.66. The maximum Gasteiger partial charge on any atom is 0.170 e. The third-order valence-electron chi connectivity index (χ3n) is 7.36. The third kappa shape index (κ3) is 5.92. The molecule has 1 saturated carbocycles. The topological polar surface area (TPSA) is 55.6 Å². The van der Waals surface area contributed by atoms with Gasteiger partial charge in [0.1, 0.15) is 11.6 Å². The molecule has 0 unspecified atom stereocenters. The fraction of sp³-hybridized carbons (Fsp3) is 0.680. The first-order chi connectivity index (χ1) is 15.1. The molecule has 0 spiro atoms. The van der Waals surface area contributed by atoms with Crippen molar-refractivity contribution in [3.05, 3.63) is 29.7 Å². The summed E-state index contributed by atoms with van der Waals surface area (Å²) in [5, 5.41) is 5.21. The van der Waals surface area contributed by atoms with Gasteiger partial charge in [-0.3, -0.25) is 4.79 Å². The van der Waals surface area contributed by atoms with Gasteiger partial charge in [0, 0.05) is 37.3 Å². The molecule has 1 aromatic carbocycles. The zero-order chi connectivity index (χ0) is 21.6. The molecule has 1 aromatic heterocycles. The average Bonchev–Trinajstić information content (AvgIpc) is 3.20. The first kappa shape index (κ1) is 22.4. The van der Waals surface area contributed by atoms with Crippen LogP contribution in [0.4, 0.5) is 4.39 Å². The molecular formula is C25H35FN2O3. The Hall–Kier alpha value is -1.79. The van der Waals surface area contributed by atoms with Crippen molar-refractivity contribution in [2.75, 3.05) is 33.4 Å². The van der Waals surface area contributed by atoms with Crippen molar-refractivity contribution in [2.24, 2.45) is 11.8 Å². The van der Waals surface area contributed by atoms with Crippen LogP contribution in [0.15, 0.2) is 22.7 Å². The van der Waals surface area contributed by atoms with E-state index in [0.29, 0.717) is 36.2 Å². The molecule has 0 radical (unpaired) electrons. The number of methoxy groups -OCH3 is 1. The molecule has 5 nitrogen and oxygen atoms in total. The molecule has 2 fully saturated rings. The highest BCUT2D eigenvalue weighted by Gasteiger charge is 2.27. The minimum absolute atomic E-state index is 0.281. The van der Waals surface area contributed by atoms with Gasteiger partial charge in [-0.1, -0.05) is 18.0 Å². The molecule has 2 aromatic rings. The summed E-state index contributed by atoms with van der Waals surface area (Å²) in [6, 6.07) is 4.71. The highest BCUT2D eigenvalue weighted by atomic mass is 19.1. The van der Waals surface area contributed by atoms with Crippen molar-refractivity contribution in [2.45, 2.75) is 63.7 Å². The maximum absolute atomic E-state index is 13.4. The van der Waals surface area contributed by atoms with Crippen LogP contribution in [0.1, 0.15) is 69.4 Å². The number of likely N-dealkylation sites (tertiary alicyclic amines) is 1. The standard InChI is InChI=1S/C25H35FN2O3/c1-30-15-11-22(29)16-19-4-2-18(3-5-19)8-12-28-13-9-20(10-14-28)25-23-7-6-21(26)17-24(23)31-27-25/h6-7,17-20H,2-5,8-16H2,1H3. The molecule has 0 bridgehead atoms. The molecule has 2 heterocycles. The summed E-state index contributed by atoms with van der Waals surface area (Å²) in [6.45, 7) is 3.89. The highest BCUT2D eigenvalue weighted by Crippen LogP contribution is 2.35. The van der Waals surface area contributed by atoms with Crippen molar-refractivity contribution < 1.29 is 18.4 Å². The van der Waals surface area contributed by atoms with Crippen LogP contribution in [-0.2, 0) is 9.53 Å². The van der Waals surface area contributed by atoms with E-state index in [1.165, 1.54) is 50.8 Å². The first-order valence-electron chi connectivity index (χ1n) is 11.9. The Morgan fingerprint density at radius 2 is 1.90 bits per heavy atom. The van der Waals surface area contributed by atoms with Crippen LogP contribution in [0.25, 0.3) is 11.0 Å². The Morgan fingerprint density at radius 1 is 1.16 bits per heavy atom. The Balaban J connectivity index is 1.16. The van der Waals surface area contributed by atoms with Crippen molar-refractivity contribution in [3.8, 4) is 0 Å². The lowest BCUT2D eigenvalue weighted by Crippen LogP contribution is -2.35. The monoisotopic (exact) mass is 430 g/mol. The number of hydrogen-bond donors (Lipinski definition) is 0. The van der Waals surface area contributed by atoms with Gasteiger partial charge in [-0.25, -0.2) is 4.39 Å². The Bertz CT molecular complexity index is 852. The lowest BCUT2D eigenvalue weighted by Gasteiger charge is -2.34. The Kier molecular flexibility index (Phi) is 7.72. The second kappa shape index (κ2) is 10.7. The molecule has 0 amide bonds. The van der Waals surface area contributed by atoms with Gasteiger partial charge in [-0.15, -0.1) is 0 Å². The zero-order valence-corrected chi connectivity index (χ0v) is 18.7. The number of nitrogens with zero attached hydrogens (tertiary/aromatic N) is 2. The van der Waals surface area contributed by atoms with Crippen molar-refractivity contribution in [3.63, 3.8) is 0 Å². The Morgan fingerprint density at radius 3 is 2.65 bits per heavy atom. The van der Waals surface area contributed by atoms with E-state index in [9.17, 15) is 9.18 Å². The number of fused-ring (bicyclic) bond motifs is 1. The largest absolute Gasteiger partial charge is 0.384 e. The minimum atomic E-state index is -0.281. The van der Waals surface area contributed by atoms with Gasteiger partial charge >= 0.3 is 0 Å². The summed E-state index contributed by atoms with van der Waals surface area (Å²) in [5.41, 5.74) is 1.54. The van der Waals surface area contributed by atoms with E-state index < -0.39 is 0 Å². The number of carbonyl (C=O) groups excluding carboxylic acids is 1. The summed E-state index contributed by atoms with van der Waals surface area (Å²) in [5.74, 6) is 1.86. The van der Waals surface area contributed by atoms with Crippen LogP contribution in [0.2, 0.25) is 0 Å². The number of rotatable bonds is 9. The molecule has 0 N–H and O–H groups in total. The number of hydrogen-bond acceptors (Lipinski definition) is 5. The molecular weight excluding hydrogens is 395 g/mol. The van der Waals surface area contributed by atoms with Crippen LogP contribution in [-0.4, -0.2) is 49.2 Å². The van der Waals surface area contributed by atoms with Crippen LogP contribution >= 0.6 is 0 Å². The first-order valence-corrected chi connectivity index (χ1v) is 11.9. The van der Waals surface area contributed by atoms with E-state index in [1.54, 1.807) is 13.2 Å². The van der Waals surface area contributed by atoms with Gasteiger partial charge in [0.2, 0.25) is 0 Å². The SMILES string of the molecule is COCCC(=O)CC1CCC(CCN2CCC(c3noc4cc(F)ccc34)CC2)CC1. The second-order valence-electron chi connectivity index (χ2n) is 9.49. The molecule has 6 heteroatoms. The summed E-state index contributed by atoms with van der Waals surface area (Å²) in [4.78, 5) is 14.6. The predicted molar refractivity (Wildman–Crippen MR) is 119 cm³/mol. The van der Waals surface area contributed by atoms with Crippen LogP contribution < -0.4 is 0 Å². The van der Waals surface area contributed by atoms with E-state index in [0.717, 1.165) is 49.4 Å². The van der Waals surface area contributed by atoms with Gasteiger partial charge < -0.3 is 14.2 Å². The molecule has 4 rings (SSSR count). The van der Waals surface area contributed by atoms with Gasteiger partial charge in [0.25, 0.3) is 0 Å². The summed E-state index contributed by atoms with van der Waals surface area (Å²) in [7, 11) is 1.65. The van der Waals surface area contributed by atoms with E-state index in [4.69, 9.17) is 9.26 Å². The smallest absolute Gasteiger partial charge is 0.170 e. The molecule has 0 atom stereocenters. The number of benzene rings is 1. The van der Waals surface area contributed by atoms with Gasteiger partial charge in [-0.05, 0) is 75.7 Å². The van der Waals surface area contributed by atoms with Crippen LogP contribution in [0.5, 0.6) is 0 Å². The minimum Gasteiger partial charge on any atom is -0.384 e. The highest BCUT2D eigenvalue weighted by molar-refractivity contribution is 5.80. The van der Waals surface area contributed by atoms with Gasteiger partial charge in [0.05, 0.1) is 12.3 Å². The Labute approximate surface area is 184 Å². The second-order valence-corrected chi connectivity index (χ2v) is 9.49. The number of ether oxygens (including phenoxy) is 1. The lowest BCUT2D eigenvalue weighted by atomic mass is 9.78. The normalized spacial score (nSPS) is 23.4. The number of halogens is 1. The number of piperidine rings is 1. The third-order valence-corrected chi connectivity index (χ3v) is 7.36. The van der Waals surface area contributed by atoms with Crippen molar-refractivity contribution >= 4 is 16.8 Å². The molecule has 2 aliphatic rings. The van der Waals surface area contributed by atoms with E-state index in [2.05, 4.69) is 10.1 Å². The van der Waals surface area contributed by atoms with E-state index in [-0.39, 0.29) is 5.82 Å². The van der Waals surface area contributed by atoms with E-state index in [1.807, 2.05) is 0 Å². The summed E-state index contributed by atoms with van der Waals surface area (Å²) < 4.78 is 23.8. The lowest BCUT2D eigenvalue weighted by molar-refractivity contribution is -0.121. The van der Waals surface area contributed by atoms with Crippen LogP contribution in [0.3, 0.4) is 0 Å². The fourth-order valence-corrected chi connectivity index (χ4v) is 5.38. The molecule has 170 valence electrons. The quantitative estimate of drug-likeness (QED) is 0.538. The van der Waals surface area contributed by atoms with Gasteiger partial charge in [0.15, 0.2) is 5.58 Å². The fourth-order valence-electron chi connectivity index (χ4n) is 5.38. The predicted octanol–water partition coefficient (Wildman–Crippen LogP) is 5.34. The van der Waals surface area contributed by atoms with Crippen molar-refractivity contribution in [1.82, 2.24) is 10.1 Å².